The van der Waals surface area contributed by atoms with Crippen molar-refractivity contribution in [3.63, 3.8) is 0 Å². The van der Waals surface area contributed by atoms with Crippen molar-refractivity contribution in [3.05, 3.63) is 94.6 Å². The summed E-state index contributed by atoms with van der Waals surface area (Å²) < 4.78 is 33.5. The normalized spacial score (nSPS) is 13.1. The van der Waals surface area contributed by atoms with Crippen LogP contribution in [-0.2, 0) is 11.4 Å². The topological polar surface area (TPSA) is 75.6 Å². The number of nitrogens with one attached hydrogen (secondary N) is 1. The minimum Gasteiger partial charge on any atom is -0.488 e. The number of halogens is 2. The number of rotatable bonds is 8. The molecule has 0 unspecified atom stereocenters. The smallest absolute Gasteiger partial charge is 0.335 e. The zero-order valence-corrected chi connectivity index (χ0v) is 19.2. The average Bonchev–Trinajstić information content (AvgIpc) is 3.34. The summed E-state index contributed by atoms with van der Waals surface area (Å²) >= 11 is 0. The molecule has 0 bridgehead atoms. The van der Waals surface area contributed by atoms with Crippen molar-refractivity contribution in [3.8, 4) is 5.75 Å². The van der Waals surface area contributed by atoms with Crippen LogP contribution in [0.3, 0.4) is 0 Å². The Bertz CT molecular complexity index is 1300. The fraction of sp³-hybridized carbons (Fsp3) is 0.214. The fourth-order valence-corrected chi connectivity index (χ4v) is 4.21. The molecular weight excluding hydrogens is 452 g/mol. The first-order chi connectivity index (χ1) is 16.8. The summed E-state index contributed by atoms with van der Waals surface area (Å²) in [4.78, 5) is 23.7. The van der Waals surface area contributed by atoms with Gasteiger partial charge in [-0.25, -0.2) is 13.6 Å². The summed E-state index contributed by atoms with van der Waals surface area (Å²) in [5, 5.41) is 12.3. The highest BCUT2D eigenvalue weighted by Gasteiger charge is 2.23. The molecule has 3 aromatic rings. The Morgan fingerprint density at radius 3 is 2.37 bits per heavy atom. The van der Waals surface area contributed by atoms with Gasteiger partial charge in [-0.2, -0.15) is 0 Å². The summed E-state index contributed by atoms with van der Waals surface area (Å²) in [6.07, 6.45) is 2.41. The summed E-state index contributed by atoms with van der Waals surface area (Å²) in [5.74, 6) is -1.59. The number of anilines is 1. The van der Waals surface area contributed by atoms with Crippen LogP contribution in [0.5, 0.6) is 5.75 Å². The molecule has 0 aromatic heterocycles. The van der Waals surface area contributed by atoms with Gasteiger partial charge in [0.2, 0.25) is 5.91 Å². The van der Waals surface area contributed by atoms with Gasteiger partial charge in [0.15, 0.2) is 0 Å². The summed E-state index contributed by atoms with van der Waals surface area (Å²) in [5.41, 5.74) is 4.24. The van der Waals surface area contributed by atoms with Crippen LogP contribution in [0.25, 0.3) is 11.1 Å². The molecule has 35 heavy (non-hydrogen) atoms. The van der Waals surface area contributed by atoms with Crippen molar-refractivity contribution in [1.82, 2.24) is 0 Å². The number of carbonyl (C=O) groups excluding carboxylic acids is 1. The second-order valence-electron chi connectivity index (χ2n) is 8.37. The second kappa shape index (κ2) is 10.5. The summed E-state index contributed by atoms with van der Waals surface area (Å²) in [7, 11) is 0. The number of allylic oxidation sites excluding steroid dienone is 2. The van der Waals surface area contributed by atoms with Gasteiger partial charge in [0.05, 0.1) is 5.56 Å². The number of benzene rings is 3. The molecule has 0 fully saturated rings. The Hall–Kier alpha value is -4.00. The molecule has 0 saturated heterocycles. The largest absolute Gasteiger partial charge is 0.488 e. The molecule has 180 valence electrons. The number of ether oxygens (including phenoxy) is 1. The van der Waals surface area contributed by atoms with E-state index in [9.17, 15) is 23.5 Å². The van der Waals surface area contributed by atoms with Gasteiger partial charge in [-0.05, 0) is 90.1 Å². The number of aromatic carboxylic acids is 1. The molecule has 3 aromatic carbocycles. The van der Waals surface area contributed by atoms with Crippen LogP contribution in [0.1, 0.15) is 59.7 Å². The van der Waals surface area contributed by atoms with Gasteiger partial charge < -0.3 is 15.2 Å². The Labute approximate surface area is 202 Å². The van der Waals surface area contributed by atoms with Crippen molar-refractivity contribution in [1.29, 1.82) is 0 Å². The lowest BCUT2D eigenvalue weighted by Gasteiger charge is -2.16. The average molecular weight is 478 g/mol. The van der Waals surface area contributed by atoms with E-state index in [-0.39, 0.29) is 30.3 Å². The molecule has 1 aliphatic rings. The monoisotopic (exact) mass is 477 g/mol. The molecule has 0 aliphatic heterocycles. The predicted molar refractivity (Wildman–Crippen MR) is 130 cm³/mol. The van der Waals surface area contributed by atoms with E-state index in [1.165, 1.54) is 30.3 Å². The molecule has 2 N–H and O–H groups in total. The van der Waals surface area contributed by atoms with Crippen LogP contribution in [0, 0.1) is 11.6 Å². The van der Waals surface area contributed by atoms with Crippen molar-refractivity contribution < 1.29 is 28.2 Å². The first kappa shape index (κ1) is 24.1. The molecular formula is C28H25F2NO4. The van der Waals surface area contributed by atoms with Gasteiger partial charge in [0, 0.05) is 17.7 Å². The van der Waals surface area contributed by atoms with E-state index in [4.69, 9.17) is 4.74 Å². The quantitative estimate of drug-likeness (QED) is 0.379. The van der Waals surface area contributed by atoms with E-state index in [1.54, 1.807) is 37.3 Å². The number of carbonyl (C=O) groups is 2. The van der Waals surface area contributed by atoms with E-state index < -0.39 is 11.8 Å². The molecule has 0 heterocycles. The van der Waals surface area contributed by atoms with Gasteiger partial charge in [0.25, 0.3) is 0 Å². The van der Waals surface area contributed by atoms with Crippen LogP contribution in [0.4, 0.5) is 14.5 Å². The van der Waals surface area contributed by atoms with Crippen molar-refractivity contribution >= 4 is 28.7 Å². The zero-order chi connectivity index (χ0) is 24.9. The number of hydrogen-bond donors (Lipinski definition) is 2. The number of carboxylic acids is 1. The molecule has 0 spiro atoms. The molecule has 1 aliphatic carbocycles. The zero-order valence-electron chi connectivity index (χ0n) is 19.2. The first-order valence-electron chi connectivity index (χ1n) is 11.4. The fourth-order valence-electron chi connectivity index (χ4n) is 4.21. The molecule has 0 saturated carbocycles. The minimum absolute atomic E-state index is 0.0553. The highest BCUT2D eigenvalue weighted by molar-refractivity contribution is 5.99. The van der Waals surface area contributed by atoms with Gasteiger partial charge in [-0.15, -0.1) is 0 Å². The van der Waals surface area contributed by atoms with Crippen LogP contribution in [0.15, 0.2) is 60.7 Å². The number of hydrogen-bond acceptors (Lipinski definition) is 3. The highest BCUT2D eigenvalue weighted by Crippen LogP contribution is 2.43. The Morgan fingerprint density at radius 1 is 0.943 bits per heavy atom. The van der Waals surface area contributed by atoms with E-state index in [2.05, 4.69) is 5.32 Å². The lowest BCUT2D eigenvalue weighted by molar-refractivity contribution is -0.115. The van der Waals surface area contributed by atoms with Gasteiger partial charge >= 0.3 is 5.97 Å². The molecule has 5 nitrogen and oxygen atoms in total. The molecule has 4 rings (SSSR count). The van der Waals surface area contributed by atoms with Gasteiger partial charge in [-0.3, -0.25) is 4.79 Å². The third kappa shape index (κ3) is 5.74. The molecule has 0 radical (unpaired) electrons. The van der Waals surface area contributed by atoms with Crippen molar-refractivity contribution in [2.75, 3.05) is 5.32 Å². The van der Waals surface area contributed by atoms with Crippen LogP contribution in [-0.4, -0.2) is 17.0 Å². The molecule has 1 amide bonds. The Balaban J connectivity index is 1.74. The lowest BCUT2D eigenvalue weighted by atomic mass is 9.94. The third-order valence-corrected chi connectivity index (χ3v) is 5.93. The van der Waals surface area contributed by atoms with Gasteiger partial charge in [0.1, 0.15) is 24.0 Å². The van der Waals surface area contributed by atoms with Crippen LogP contribution >= 0.6 is 0 Å². The predicted octanol–water partition coefficient (Wildman–Crippen LogP) is 6.69. The Kier molecular flexibility index (Phi) is 7.25. The van der Waals surface area contributed by atoms with E-state index in [0.29, 0.717) is 35.4 Å². The highest BCUT2D eigenvalue weighted by atomic mass is 19.1. The van der Waals surface area contributed by atoms with Crippen molar-refractivity contribution in [2.45, 2.75) is 39.2 Å². The maximum Gasteiger partial charge on any atom is 0.335 e. The molecule has 0 atom stereocenters. The van der Waals surface area contributed by atoms with Crippen LogP contribution in [0.2, 0.25) is 0 Å². The minimum atomic E-state index is -1.10. The maximum absolute atomic E-state index is 14.3. The van der Waals surface area contributed by atoms with Crippen molar-refractivity contribution in [2.24, 2.45) is 0 Å². The van der Waals surface area contributed by atoms with E-state index >= 15 is 0 Å². The SMILES string of the molecule is CCC(=O)Nc1cc(C(=O)O)cc(C2=C(c3cc(F)ccc3OCc3ccc(F)cc3)CCC2)c1. The Morgan fingerprint density at radius 2 is 1.66 bits per heavy atom. The van der Waals surface area contributed by atoms with E-state index in [1.807, 2.05) is 0 Å². The standard InChI is InChI=1S/C28H25F2NO4/c1-2-27(32)31-22-13-18(12-19(14-22)28(33)34)23-4-3-5-24(23)25-15-21(30)10-11-26(25)35-16-17-6-8-20(29)9-7-17/h6-15H,2-5,16H2,1H3,(H,31,32)(H,33,34). The number of amides is 1. The summed E-state index contributed by atoms with van der Waals surface area (Å²) in [6.45, 7) is 1.90. The third-order valence-electron chi connectivity index (χ3n) is 5.93. The van der Waals surface area contributed by atoms with Crippen LogP contribution < -0.4 is 10.1 Å². The lowest BCUT2D eigenvalue weighted by Crippen LogP contribution is -2.11. The second-order valence-corrected chi connectivity index (χ2v) is 8.37. The number of carboxylic acid groups (broad SMARTS) is 1. The maximum atomic E-state index is 14.3. The molecule has 7 heteroatoms. The van der Waals surface area contributed by atoms with E-state index in [0.717, 1.165) is 23.1 Å². The first-order valence-corrected chi connectivity index (χ1v) is 11.4. The summed E-state index contributed by atoms with van der Waals surface area (Å²) in [6, 6.07) is 15.0. The van der Waals surface area contributed by atoms with Gasteiger partial charge in [-0.1, -0.05) is 19.1 Å².